The molecule has 4 nitrogen and oxygen atoms in total. The Morgan fingerprint density at radius 2 is 1.62 bits per heavy atom. The predicted molar refractivity (Wildman–Crippen MR) is 81.4 cm³/mol. The summed E-state index contributed by atoms with van der Waals surface area (Å²) in [5.74, 6) is -0.704. The summed E-state index contributed by atoms with van der Waals surface area (Å²) in [5.41, 5.74) is 3.49. The van der Waals surface area contributed by atoms with E-state index in [1.54, 1.807) is 0 Å². The van der Waals surface area contributed by atoms with Crippen LogP contribution >= 0.6 is 0 Å². The average Bonchev–Trinajstić information content (AvgIpc) is 2.63. The number of Topliss-reactive ketones (excluding diaryl/α,β-unsaturated/α-hetero) is 1. The van der Waals surface area contributed by atoms with Gasteiger partial charge in [-0.3, -0.25) is 9.59 Å². The molecule has 1 amide bonds. The number of hydrogen-bond donors (Lipinski definition) is 2. The maximum absolute atomic E-state index is 13.0. The number of hydrogen-bond acceptors (Lipinski definition) is 3. The first-order chi connectivity index (χ1) is 9.94. The van der Waals surface area contributed by atoms with Crippen LogP contribution in [0.15, 0.2) is 12.1 Å². The minimum absolute atomic E-state index is 0.0593. The highest BCUT2D eigenvalue weighted by atomic mass is 16.2. The van der Waals surface area contributed by atoms with Crippen LogP contribution in [0, 0.1) is 20.8 Å². The SMILES string of the molecule is Cc1cc(C)c(C2C(=O)NC3(CCNCC3)C2=O)c(C)c1. The number of piperidine rings is 1. The lowest BCUT2D eigenvalue weighted by atomic mass is 9.79. The van der Waals surface area contributed by atoms with E-state index in [4.69, 9.17) is 0 Å². The Morgan fingerprint density at radius 1 is 1.05 bits per heavy atom. The van der Waals surface area contributed by atoms with Crippen LogP contribution < -0.4 is 10.6 Å². The summed E-state index contributed by atoms with van der Waals surface area (Å²) >= 11 is 0. The van der Waals surface area contributed by atoms with E-state index in [0.29, 0.717) is 12.8 Å². The Morgan fingerprint density at radius 3 is 2.19 bits per heavy atom. The Balaban J connectivity index is 2.04. The van der Waals surface area contributed by atoms with Gasteiger partial charge in [0, 0.05) is 0 Å². The standard InChI is InChI=1S/C17H22N2O2/c1-10-8-11(2)13(12(3)9-10)14-15(20)17(19-16(14)21)4-6-18-7-5-17/h8-9,14,18H,4-7H2,1-3H3,(H,19,21). The summed E-state index contributed by atoms with van der Waals surface area (Å²) in [6, 6.07) is 4.10. The Hall–Kier alpha value is -1.68. The van der Waals surface area contributed by atoms with Gasteiger partial charge in [0.05, 0.1) is 0 Å². The van der Waals surface area contributed by atoms with Crippen molar-refractivity contribution in [2.24, 2.45) is 0 Å². The van der Waals surface area contributed by atoms with Gasteiger partial charge in [-0.1, -0.05) is 17.7 Å². The highest BCUT2D eigenvalue weighted by Gasteiger charge is 2.53. The van der Waals surface area contributed by atoms with Crippen molar-refractivity contribution < 1.29 is 9.59 Å². The number of carbonyl (C=O) groups is 2. The molecule has 2 fully saturated rings. The summed E-state index contributed by atoms with van der Waals surface area (Å²) in [5, 5.41) is 6.26. The van der Waals surface area contributed by atoms with Gasteiger partial charge in [0.25, 0.3) is 0 Å². The molecule has 112 valence electrons. The fourth-order valence-corrected chi connectivity index (χ4v) is 3.90. The van der Waals surface area contributed by atoms with E-state index in [9.17, 15) is 9.59 Å². The summed E-state index contributed by atoms with van der Waals surface area (Å²) in [7, 11) is 0. The maximum atomic E-state index is 13.0. The van der Waals surface area contributed by atoms with Crippen molar-refractivity contribution in [3.63, 3.8) is 0 Å². The fraction of sp³-hybridized carbons (Fsp3) is 0.529. The third-order valence-electron chi connectivity index (χ3n) is 4.84. The lowest BCUT2D eigenvalue weighted by Gasteiger charge is -2.32. The van der Waals surface area contributed by atoms with E-state index in [1.807, 2.05) is 20.8 Å². The fourth-order valence-electron chi connectivity index (χ4n) is 3.90. The smallest absolute Gasteiger partial charge is 0.235 e. The van der Waals surface area contributed by atoms with Gasteiger partial charge in [-0.05, 0) is 63.4 Å². The quantitative estimate of drug-likeness (QED) is 0.770. The summed E-state index contributed by atoms with van der Waals surface area (Å²) in [6.07, 6.45) is 1.38. The van der Waals surface area contributed by atoms with Crippen LogP contribution in [-0.2, 0) is 9.59 Å². The molecule has 0 radical (unpaired) electrons. The van der Waals surface area contributed by atoms with Gasteiger partial charge in [0.1, 0.15) is 11.5 Å². The zero-order chi connectivity index (χ0) is 15.2. The van der Waals surface area contributed by atoms with Gasteiger partial charge < -0.3 is 10.6 Å². The number of rotatable bonds is 1. The van der Waals surface area contributed by atoms with E-state index in [1.165, 1.54) is 0 Å². The topological polar surface area (TPSA) is 58.2 Å². The average molecular weight is 286 g/mol. The van der Waals surface area contributed by atoms with E-state index in [0.717, 1.165) is 35.3 Å². The highest BCUT2D eigenvalue weighted by Crippen LogP contribution is 2.37. The third-order valence-corrected chi connectivity index (χ3v) is 4.84. The van der Waals surface area contributed by atoms with Crippen LogP contribution in [0.4, 0.5) is 0 Å². The molecule has 0 aromatic heterocycles. The largest absolute Gasteiger partial charge is 0.343 e. The second-order valence-electron chi connectivity index (χ2n) is 6.43. The molecule has 1 atom stereocenters. The van der Waals surface area contributed by atoms with Crippen molar-refractivity contribution >= 4 is 11.7 Å². The summed E-state index contributed by atoms with van der Waals surface area (Å²) in [4.78, 5) is 25.5. The molecule has 2 heterocycles. The third kappa shape index (κ3) is 2.18. The van der Waals surface area contributed by atoms with Gasteiger partial charge in [0.15, 0.2) is 5.78 Å². The van der Waals surface area contributed by atoms with Crippen molar-refractivity contribution in [2.45, 2.75) is 45.1 Å². The number of benzene rings is 1. The minimum atomic E-state index is -0.642. The predicted octanol–water partition coefficient (Wildman–Crippen LogP) is 1.52. The molecule has 21 heavy (non-hydrogen) atoms. The summed E-state index contributed by atoms with van der Waals surface area (Å²) in [6.45, 7) is 7.58. The van der Waals surface area contributed by atoms with Crippen molar-refractivity contribution in [2.75, 3.05) is 13.1 Å². The normalized spacial score (nSPS) is 24.4. The second-order valence-corrected chi connectivity index (χ2v) is 6.43. The number of aryl methyl sites for hydroxylation is 3. The molecule has 2 aliphatic rings. The van der Waals surface area contributed by atoms with Crippen molar-refractivity contribution in [1.82, 2.24) is 10.6 Å². The van der Waals surface area contributed by atoms with E-state index < -0.39 is 11.5 Å². The number of nitrogens with one attached hydrogen (secondary N) is 2. The molecule has 2 saturated heterocycles. The molecular weight excluding hydrogens is 264 g/mol. The first-order valence-corrected chi connectivity index (χ1v) is 7.59. The van der Waals surface area contributed by atoms with Crippen LogP contribution in [0.5, 0.6) is 0 Å². The molecule has 2 N–H and O–H groups in total. The molecule has 1 spiro atoms. The minimum Gasteiger partial charge on any atom is -0.343 e. The molecule has 1 unspecified atom stereocenters. The molecule has 1 aromatic rings. The zero-order valence-electron chi connectivity index (χ0n) is 12.9. The number of ketones is 1. The lowest BCUT2D eigenvalue weighted by Crippen LogP contribution is -2.53. The van der Waals surface area contributed by atoms with Crippen LogP contribution in [0.1, 0.15) is 41.0 Å². The van der Waals surface area contributed by atoms with Crippen molar-refractivity contribution in [3.8, 4) is 0 Å². The van der Waals surface area contributed by atoms with Crippen molar-refractivity contribution in [3.05, 3.63) is 34.4 Å². The van der Waals surface area contributed by atoms with Gasteiger partial charge in [-0.15, -0.1) is 0 Å². The first-order valence-electron chi connectivity index (χ1n) is 7.59. The van der Waals surface area contributed by atoms with Gasteiger partial charge in [-0.25, -0.2) is 0 Å². The first kappa shape index (κ1) is 14.3. The molecular formula is C17H22N2O2. The number of amides is 1. The van der Waals surface area contributed by atoms with Gasteiger partial charge in [-0.2, -0.15) is 0 Å². The van der Waals surface area contributed by atoms with Crippen LogP contribution in [0.25, 0.3) is 0 Å². The van der Waals surface area contributed by atoms with E-state index in [2.05, 4.69) is 22.8 Å². The highest BCUT2D eigenvalue weighted by molar-refractivity contribution is 6.17. The molecule has 4 heteroatoms. The molecule has 0 bridgehead atoms. The van der Waals surface area contributed by atoms with Crippen LogP contribution in [0.2, 0.25) is 0 Å². The Kier molecular flexibility index (Phi) is 3.36. The number of carbonyl (C=O) groups excluding carboxylic acids is 2. The Bertz CT molecular complexity index is 592. The van der Waals surface area contributed by atoms with Gasteiger partial charge >= 0.3 is 0 Å². The lowest BCUT2D eigenvalue weighted by molar-refractivity contribution is -0.125. The monoisotopic (exact) mass is 286 g/mol. The maximum Gasteiger partial charge on any atom is 0.235 e. The van der Waals surface area contributed by atoms with Crippen LogP contribution in [0.3, 0.4) is 0 Å². The summed E-state index contributed by atoms with van der Waals surface area (Å²) < 4.78 is 0. The molecule has 3 rings (SSSR count). The Labute approximate surface area is 125 Å². The molecule has 0 saturated carbocycles. The van der Waals surface area contributed by atoms with Crippen molar-refractivity contribution in [1.29, 1.82) is 0 Å². The van der Waals surface area contributed by atoms with E-state index in [-0.39, 0.29) is 11.7 Å². The van der Waals surface area contributed by atoms with Gasteiger partial charge in [0.2, 0.25) is 5.91 Å². The second kappa shape index (κ2) is 4.95. The van der Waals surface area contributed by atoms with E-state index >= 15 is 0 Å². The zero-order valence-corrected chi connectivity index (χ0v) is 12.9. The molecule has 2 aliphatic heterocycles. The molecule has 1 aromatic carbocycles. The molecule has 0 aliphatic carbocycles. The van der Waals surface area contributed by atoms with Crippen LogP contribution in [-0.4, -0.2) is 30.3 Å².